The molecule has 1 saturated heterocycles. The van der Waals surface area contributed by atoms with Crippen molar-refractivity contribution >= 4 is 26.7 Å². The van der Waals surface area contributed by atoms with E-state index in [1.807, 2.05) is 0 Å². The highest BCUT2D eigenvalue weighted by molar-refractivity contribution is 9.10. The number of benzene rings is 2. The lowest BCUT2D eigenvalue weighted by atomic mass is 10.1. The van der Waals surface area contributed by atoms with Crippen LogP contribution in [0.3, 0.4) is 0 Å². The summed E-state index contributed by atoms with van der Waals surface area (Å²) in [5.41, 5.74) is 0. The van der Waals surface area contributed by atoms with E-state index in [1.165, 1.54) is 23.9 Å². The van der Waals surface area contributed by atoms with Gasteiger partial charge in [0.25, 0.3) is 0 Å². The summed E-state index contributed by atoms with van der Waals surface area (Å²) in [6.45, 7) is 9.78. The molecule has 0 N–H and O–H groups in total. The number of piperazine rings is 1. The Labute approximate surface area is 153 Å². The highest BCUT2D eigenvalue weighted by atomic mass is 79.9. The Balaban J connectivity index is 0.00000192. The van der Waals surface area contributed by atoms with Crippen molar-refractivity contribution in [3.8, 4) is 5.75 Å². The molecule has 0 bridgehead atoms. The first-order valence-corrected chi connectivity index (χ1v) is 8.82. The molecule has 1 heterocycles. The fraction of sp³-hybridized carbons (Fsp3) is 0.444. The van der Waals surface area contributed by atoms with Crippen molar-refractivity contribution in [2.24, 2.45) is 0 Å². The maximum absolute atomic E-state index is 6.00. The summed E-state index contributed by atoms with van der Waals surface area (Å²) in [6.07, 6.45) is 0. The molecule has 5 heteroatoms. The van der Waals surface area contributed by atoms with E-state index in [1.54, 1.807) is 0 Å². The molecule has 2 aromatic rings. The lowest BCUT2D eigenvalue weighted by Crippen LogP contribution is -3.00. The van der Waals surface area contributed by atoms with E-state index in [2.05, 4.69) is 69.1 Å². The molecule has 1 aliphatic heterocycles. The van der Waals surface area contributed by atoms with Gasteiger partial charge in [0.1, 0.15) is 12.4 Å². The third kappa shape index (κ3) is 4.60. The summed E-state index contributed by atoms with van der Waals surface area (Å²) < 4.78 is 7.06. The zero-order valence-corrected chi connectivity index (χ0v) is 15.8. The van der Waals surface area contributed by atoms with E-state index in [-0.39, 0.29) is 12.4 Å². The van der Waals surface area contributed by atoms with Crippen LogP contribution in [0.4, 0.5) is 0 Å². The summed E-state index contributed by atoms with van der Waals surface area (Å²) in [5.74, 6) is 0.936. The SMILES string of the molecule is CCN1CCN(CCOc2ccc3ccccc3c2Br)CC1.[Cl-]. The molecule has 0 amide bonds. The molecule has 0 spiro atoms. The normalized spacial score (nSPS) is 16.3. The van der Waals surface area contributed by atoms with E-state index in [4.69, 9.17) is 4.74 Å². The van der Waals surface area contributed by atoms with E-state index >= 15 is 0 Å². The fourth-order valence-electron chi connectivity index (χ4n) is 2.94. The van der Waals surface area contributed by atoms with Crippen molar-refractivity contribution in [2.75, 3.05) is 45.9 Å². The molecule has 0 aromatic heterocycles. The van der Waals surface area contributed by atoms with Gasteiger partial charge < -0.3 is 22.0 Å². The summed E-state index contributed by atoms with van der Waals surface area (Å²) in [7, 11) is 0. The number of nitrogens with zero attached hydrogens (tertiary/aromatic N) is 2. The lowest BCUT2D eigenvalue weighted by molar-refractivity contribution is -0.00000488. The average molecular weight is 399 g/mol. The van der Waals surface area contributed by atoms with Crippen LogP contribution < -0.4 is 17.1 Å². The van der Waals surface area contributed by atoms with Crippen molar-refractivity contribution in [3.63, 3.8) is 0 Å². The molecule has 0 unspecified atom stereocenters. The van der Waals surface area contributed by atoms with Gasteiger partial charge in [-0.3, -0.25) is 4.90 Å². The van der Waals surface area contributed by atoms with Crippen LogP contribution in [0.5, 0.6) is 5.75 Å². The highest BCUT2D eigenvalue weighted by Gasteiger charge is 2.15. The predicted molar refractivity (Wildman–Crippen MR) is 95.7 cm³/mol. The Kier molecular flexibility index (Phi) is 7.15. The number of rotatable bonds is 5. The van der Waals surface area contributed by atoms with Gasteiger partial charge >= 0.3 is 0 Å². The Morgan fingerprint density at radius 2 is 1.70 bits per heavy atom. The molecule has 0 radical (unpaired) electrons. The number of hydrogen-bond acceptors (Lipinski definition) is 3. The van der Waals surface area contributed by atoms with Gasteiger partial charge in [0.15, 0.2) is 0 Å². The van der Waals surface area contributed by atoms with Crippen LogP contribution in [-0.4, -0.2) is 55.7 Å². The first-order chi connectivity index (χ1) is 10.8. The quantitative estimate of drug-likeness (QED) is 0.734. The van der Waals surface area contributed by atoms with E-state index in [9.17, 15) is 0 Å². The zero-order valence-electron chi connectivity index (χ0n) is 13.5. The molecule has 2 aromatic carbocycles. The first kappa shape index (κ1) is 18.5. The molecule has 3 nitrogen and oxygen atoms in total. The lowest BCUT2D eigenvalue weighted by Gasteiger charge is -2.33. The highest BCUT2D eigenvalue weighted by Crippen LogP contribution is 2.32. The molecule has 1 fully saturated rings. The third-order valence-corrected chi connectivity index (χ3v) is 5.22. The van der Waals surface area contributed by atoms with Gasteiger partial charge in [-0.05, 0) is 39.3 Å². The summed E-state index contributed by atoms with van der Waals surface area (Å²) in [5, 5.41) is 2.44. The van der Waals surface area contributed by atoms with Gasteiger partial charge in [-0.15, -0.1) is 0 Å². The van der Waals surface area contributed by atoms with Crippen molar-refractivity contribution in [1.82, 2.24) is 9.80 Å². The van der Waals surface area contributed by atoms with Crippen LogP contribution in [0.25, 0.3) is 10.8 Å². The molecular weight excluding hydrogens is 376 g/mol. The predicted octanol–water partition coefficient (Wildman–Crippen LogP) is 0.623. The van der Waals surface area contributed by atoms with Crippen LogP contribution in [-0.2, 0) is 0 Å². The second-order valence-electron chi connectivity index (χ2n) is 5.72. The molecule has 0 atom stereocenters. The molecule has 23 heavy (non-hydrogen) atoms. The van der Waals surface area contributed by atoms with Crippen molar-refractivity contribution < 1.29 is 17.1 Å². The van der Waals surface area contributed by atoms with Gasteiger partial charge in [-0.2, -0.15) is 0 Å². The minimum atomic E-state index is 0. The Morgan fingerprint density at radius 3 is 2.43 bits per heavy atom. The molecular formula is C18H23BrClN2O-. The standard InChI is InChI=1S/C18H23BrN2O.ClH/c1-2-20-9-11-21(12-10-20)13-14-22-17-8-7-15-5-3-4-6-16(15)18(17)19;/h3-8H,2,9-14H2,1H3;1H/p-1. The number of likely N-dealkylation sites (N-methyl/N-ethyl adjacent to an activating group) is 1. The van der Waals surface area contributed by atoms with E-state index < -0.39 is 0 Å². The van der Waals surface area contributed by atoms with Crippen LogP contribution in [0, 0.1) is 0 Å². The number of fused-ring (bicyclic) bond motifs is 1. The van der Waals surface area contributed by atoms with Crippen LogP contribution in [0.15, 0.2) is 40.9 Å². The van der Waals surface area contributed by atoms with Gasteiger partial charge in [-0.25, -0.2) is 0 Å². The van der Waals surface area contributed by atoms with Gasteiger partial charge in [0.05, 0.1) is 4.47 Å². The van der Waals surface area contributed by atoms with E-state index in [0.29, 0.717) is 0 Å². The molecule has 1 aliphatic rings. The molecule has 0 saturated carbocycles. The Hall–Kier alpha value is -0.810. The van der Waals surface area contributed by atoms with Gasteiger partial charge in [0, 0.05) is 32.7 Å². The minimum absolute atomic E-state index is 0. The van der Waals surface area contributed by atoms with Crippen molar-refractivity contribution in [1.29, 1.82) is 0 Å². The summed E-state index contributed by atoms with van der Waals surface area (Å²) >= 11 is 3.68. The van der Waals surface area contributed by atoms with Crippen molar-refractivity contribution in [3.05, 3.63) is 40.9 Å². The minimum Gasteiger partial charge on any atom is -1.00 e. The maximum Gasteiger partial charge on any atom is 0.134 e. The third-order valence-electron chi connectivity index (χ3n) is 4.41. The monoisotopic (exact) mass is 397 g/mol. The average Bonchev–Trinajstić information content (AvgIpc) is 2.58. The summed E-state index contributed by atoms with van der Waals surface area (Å²) in [6, 6.07) is 12.5. The van der Waals surface area contributed by atoms with Crippen LogP contribution >= 0.6 is 15.9 Å². The second kappa shape index (κ2) is 8.88. The Morgan fingerprint density at radius 1 is 1.00 bits per heavy atom. The van der Waals surface area contributed by atoms with Crippen LogP contribution in [0.1, 0.15) is 6.92 Å². The van der Waals surface area contributed by atoms with Gasteiger partial charge in [-0.1, -0.05) is 37.3 Å². The smallest absolute Gasteiger partial charge is 0.134 e. The number of ether oxygens (including phenoxy) is 1. The Bertz CT molecular complexity index is 629. The second-order valence-corrected chi connectivity index (χ2v) is 6.52. The topological polar surface area (TPSA) is 15.7 Å². The fourth-order valence-corrected chi connectivity index (χ4v) is 3.55. The van der Waals surface area contributed by atoms with E-state index in [0.717, 1.165) is 43.0 Å². The first-order valence-electron chi connectivity index (χ1n) is 8.02. The van der Waals surface area contributed by atoms with Gasteiger partial charge in [0.2, 0.25) is 0 Å². The zero-order chi connectivity index (χ0) is 15.4. The molecule has 126 valence electrons. The van der Waals surface area contributed by atoms with Crippen molar-refractivity contribution in [2.45, 2.75) is 6.92 Å². The largest absolute Gasteiger partial charge is 1.00 e. The molecule has 3 rings (SSSR count). The molecule has 0 aliphatic carbocycles. The maximum atomic E-state index is 6.00. The van der Waals surface area contributed by atoms with Crippen LogP contribution in [0.2, 0.25) is 0 Å². The summed E-state index contributed by atoms with van der Waals surface area (Å²) in [4.78, 5) is 4.98. The number of halogens is 2. The number of hydrogen-bond donors (Lipinski definition) is 0.